The fraction of sp³-hybridized carbons (Fsp3) is 0.222. The molecule has 4 atom stereocenters. The monoisotopic (exact) mass is 606 g/mol. The molecule has 9 nitrogen and oxygen atoms in total. The summed E-state index contributed by atoms with van der Waals surface area (Å²) in [5.41, 5.74) is -0.688. The Kier molecular flexibility index (Phi) is 8.70. The van der Waals surface area contributed by atoms with Crippen LogP contribution < -0.4 is 0 Å². The number of hydrogen-bond acceptors (Lipinski definition) is 9. The van der Waals surface area contributed by atoms with E-state index < -0.39 is 48.0 Å². The third kappa shape index (κ3) is 6.49. The van der Waals surface area contributed by atoms with Gasteiger partial charge in [-0.1, -0.05) is 72.8 Å². The van der Waals surface area contributed by atoms with E-state index in [0.717, 1.165) is 0 Å². The average Bonchev–Trinajstić information content (AvgIpc) is 3.91. The van der Waals surface area contributed by atoms with Crippen LogP contribution in [0.15, 0.2) is 121 Å². The quantitative estimate of drug-likeness (QED) is 0.167. The molecular formula is C36H30O9. The molecule has 2 aliphatic rings. The molecule has 0 bridgehead atoms. The molecule has 4 aromatic rings. The predicted molar refractivity (Wildman–Crippen MR) is 160 cm³/mol. The first kappa shape index (κ1) is 29.8. The first-order chi connectivity index (χ1) is 22.0. The van der Waals surface area contributed by atoms with Gasteiger partial charge in [0, 0.05) is 5.92 Å². The molecule has 45 heavy (non-hydrogen) atoms. The Balaban J connectivity index is 1.38. The van der Waals surface area contributed by atoms with E-state index in [2.05, 4.69) is 0 Å². The van der Waals surface area contributed by atoms with Crippen molar-refractivity contribution in [3.63, 3.8) is 0 Å². The molecule has 1 heterocycles. The first-order valence-electron chi connectivity index (χ1n) is 14.6. The van der Waals surface area contributed by atoms with Gasteiger partial charge in [0.1, 0.15) is 12.7 Å². The third-order valence-corrected chi connectivity index (χ3v) is 7.80. The highest BCUT2D eigenvalue weighted by Gasteiger charge is 2.70. The molecule has 0 aromatic heterocycles. The number of carbonyl (C=O) groups is 4. The summed E-state index contributed by atoms with van der Waals surface area (Å²) in [6.45, 7) is -0.378. The number of carbonyl (C=O) groups excluding carboxylic acids is 4. The minimum absolute atomic E-state index is 0.247. The van der Waals surface area contributed by atoms with Crippen LogP contribution in [0.3, 0.4) is 0 Å². The van der Waals surface area contributed by atoms with Gasteiger partial charge in [0.15, 0.2) is 6.10 Å². The summed E-state index contributed by atoms with van der Waals surface area (Å²) in [6, 6.07) is 33.3. The van der Waals surface area contributed by atoms with Gasteiger partial charge in [0.2, 0.25) is 11.9 Å². The number of esters is 4. The van der Waals surface area contributed by atoms with Crippen LogP contribution in [0.1, 0.15) is 54.3 Å². The van der Waals surface area contributed by atoms with Crippen molar-refractivity contribution in [3.8, 4) is 0 Å². The molecule has 228 valence electrons. The topological polar surface area (TPSA) is 114 Å². The van der Waals surface area contributed by atoms with Gasteiger partial charge >= 0.3 is 23.9 Å². The maximum atomic E-state index is 13.7. The Labute approximate surface area is 259 Å². The molecule has 1 aliphatic heterocycles. The van der Waals surface area contributed by atoms with Gasteiger partial charge in [0.05, 0.1) is 22.3 Å². The zero-order chi connectivity index (χ0) is 31.2. The molecule has 0 amide bonds. The summed E-state index contributed by atoms with van der Waals surface area (Å²) in [7, 11) is 0. The van der Waals surface area contributed by atoms with Crippen molar-refractivity contribution < 1.29 is 42.9 Å². The molecule has 0 radical (unpaired) electrons. The van der Waals surface area contributed by atoms with Gasteiger partial charge in [0.25, 0.3) is 0 Å². The van der Waals surface area contributed by atoms with E-state index in [-0.39, 0.29) is 29.2 Å². The van der Waals surface area contributed by atoms with Crippen LogP contribution >= 0.6 is 0 Å². The molecule has 0 N–H and O–H groups in total. The smallest absolute Gasteiger partial charge is 0.340 e. The maximum Gasteiger partial charge on any atom is 0.340 e. The maximum absolute atomic E-state index is 13.7. The van der Waals surface area contributed by atoms with Crippen molar-refractivity contribution in [1.29, 1.82) is 0 Å². The second-order valence-electron chi connectivity index (χ2n) is 10.8. The van der Waals surface area contributed by atoms with E-state index in [0.29, 0.717) is 18.4 Å². The van der Waals surface area contributed by atoms with Crippen molar-refractivity contribution in [2.45, 2.75) is 36.9 Å². The Hall–Kier alpha value is -5.28. The highest BCUT2D eigenvalue weighted by molar-refractivity contribution is 5.92. The second kappa shape index (κ2) is 13.2. The van der Waals surface area contributed by atoms with Crippen molar-refractivity contribution >= 4 is 23.9 Å². The van der Waals surface area contributed by atoms with Gasteiger partial charge in [-0.2, -0.15) is 0 Å². The summed E-state index contributed by atoms with van der Waals surface area (Å²) >= 11 is 0. The molecule has 0 unspecified atom stereocenters. The van der Waals surface area contributed by atoms with Crippen LogP contribution in [0.4, 0.5) is 0 Å². The van der Waals surface area contributed by atoms with Crippen molar-refractivity contribution in [3.05, 3.63) is 144 Å². The SMILES string of the molecule is O=C(OC[C@H]1O[C@H](OC(=O)c2ccccc2)[C@@](OC(=O)c2ccccc2)(C2CC2)[C@@H]1OC(=O)c1ccccc1)c1ccccc1. The van der Waals surface area contributed by atoms with Gasteiger partial charge in [-0.05, 0) is 61.4 Å². The lowest BCUT2D eigenvalue weighted by atomic mass is 9.88. The van der Waals surface area contributed by atoms with E-state index in [1.54, 1.807) is 121 Å². The normalized spacial score (nSPS) is 22.2. The van der Waals surface area contributed by atoms with Gasteiger partial charge in [-0.15, -0.1) is 0 Å². The molecule has 9 heteroatoms. The lowest BCUT2D eigenvalue weighted by Crippen LogP contribution is -2.57. The van der Waals surface area contributed by atoms with Gasteiger partial charge < -0.3 is 23.7 Å². The highest BCUT2D eigenvalue weighted by atomic mass is 16.8. The summed E-state index contributed by atoms with van der Waals surface area (Å²) in [6.07, 6.45) is -2.77. The Morgan fingerprint density at radius 1 is 0.578 bits per heavy atom. The second-order valence-corrected chi connectivity index (χ2v) is 10.8. The summed E-state index contributed by atoms with van der Waals surface area (Å²) in [5.74, 6) is -3.16. The Bertz CT molecular complexity index is 1640. The number of rotatable bonds is 10. The lowest BCUT2D eigenvalue weighted by Gasteiger charge is -2.37. The largest absolute Gasteiger partial charge is 0.459 e. The summed E-state index contributed by atoms with van der Waals surface area (Å²) in [5, 5.41) is 0. The van der Waals surface area contributed by atoms with Crippen molar-refractivity contribution in [2.75, 3.05) is 6.61 Å². The molecule has 6 rings (SSSR count). The van der Waals surface area contributed by atoms with Gasteiger partial charge in [-0.3, -0.25) is 0 Å². The van der Waals surface area contributed by atoms with E-state index in [1.807, 2.05) is 0 Å². The molecule has 0 spiro atoms. The number of ether oxygens (including phenoxy) is 5. The van der Waals surface area contributed by atoms with Crippen LogP contribution in [0.5, 0.6) is 0 Å². The van der Waals surface area contributed by atoms with Crippen LogP contribution in [0.2, 0.25) is 0 Å². The van der Waals surface area contributed by atoms with Crippen LogP contribution in [0.25, 0.3) is 0 Å². The molecule has 1 aliphatic carbocycles. The molecule has 1 saturated heterocycles. The Morgan fingerprint density at radius 3 is 1.47 bits per heavy atom. The summed E-state index contributed by atoms with van der Waals surface area (Å²) in [4.78, 5) is 53.4. The predicted octanol–water partition coefficient (Wildman–Crippen LogP) is 5.66. The standard InChI is InChI=1S/C36H30O9/c37-31(24-13-5-1-6-14-24)41-23-29-30(43-32(38)25-15-7-2-8-16-25)36(28-21-22-28,45-34(40)27-19-11-4-12-20-27)35(42-29)44-33(39)26-17-9-3-10-18-26/h1-20,28-30,35H,21-23H2/t29-,30-,35-,36-/m1/s1. The summed E-state index contributed by atoms with van der Waals surface area (Å²) < 4.78 is 30.2. The third-order valence-electron chi connectivity index (χ3n) is 7.80. The van der Waals surface area contributed by atoms with Crippen molar-refractivity contribution in [1.82, 2.24) is 0 Å². The Morgan fingerprint density at radius 2 is 1.00 bits per heavy atom. The van der Waals surface area contributed by atoms with E-state index in [1.165, 1.54) is 0 Å². The zero-order valence-corrected chi connectivity index (χ0v) is 24.2. The zero-order valence-electron chi connectivity index (χ0n) is 24.2. The van der Waals surface area contributed by atoms with Crippen LogP contribution in [0, 0.1) is 5.92 Å². The number of benzene rings is 4. The molecular weight excluding hydrogens is 576 g/mol. The highest BCUT2D eigenvalue weighted by Crippen LogP contribution is 2.53. The van der Waals surface area contributed by atoms with E-state index in [9.17, 15) is 19.2 Å². The first-order valence-corrected chi connectivity index (χ1v) is 14.6. The van der Waals surface area contributed by atoms with Gasteiger partial charge in [-0.25, -0.2) is 19.2 Å². The van der Waals surface area contributed by atoms with Crippen LogP contribution in [-0.2, 0) is 23.7 Å². The van der Waals surface area contributed by atoms with Crippen molar-refractivity contribution in [2.24, 2.45) is 5.92 Å². The number of hydrogen-bond donors (Lipinski definition) is 0. The van der Waals surface area contributed by atoms with Crippen LogP contribution in [-0.4, -0.2) is 54.6 Å². The molecule has 2 fully saturated rings. The lowest BCUT2D eigenvalue weighted by molar-refractivity contribution is -0.189. The van der Waals surface area contributed by atoms with E-state index >= 15 is 0 Å². The fourth-order valence-corrected chi connectivity index (χ4v) is 5.43. The minimum atomic E-state index is -1.74. The van der Waals surface area contributed by atoms with E-state index in [4.69, 9.17) is 23.7 Å². The fourth-order valence-electron chi connectivity index (χ4n) is 5.43. The minimum Gasteiger partial charge on any atom is -0.459 e. The molecule has 4 aromatic carbocycles. The molecule has 1 saturated carbocycles. The average molecular weight is 607 g/mol.